The summed E-state index contributed by atoms with van der Waals surface area (Å²) in [4.78, 5) is 12.4. The van der Waals surface area contributed by atoms with E-state index in [9.17, 15) is 4.79 Å². The number of aryl methyl sites for hydroxylation is 1. The number of hydrogen-bond acceptors (Lipinski definition) is 4. The van der Waals surface area contributed by atoms with Gasteiger partial charge in [0.15, 0.2) is 0 Å². The summed E-state index contributed by atoms with van der Waals surface area (Å²) in [7, 11) is 1.55. The molecule has 0 bridgehead atoms. The van der Waals surface area contributed by atoms with E-state index < -0.39 is 0 Å². The highest BCUT2D eigenvalue weighted by atomic mass is 35.5. The highest BCUT2D eigenvalue weighted by Crippen LogP contribution is 2.26. The van der Waals surface area contributed by atoms with Gasteiger partial charge in [0, 0.05) is 28.4 Å². The summed E-state index contributed by atoms with van der Waals surface area (Å²) in [6, 6.07) is 16.6. The second-order valence-corrected chi connectivity index (χ2v) is 6.57. The van der Waals surface area contributed by atoms with E-state index >= 15 is 0 Å². The first-order valence-corrected chi connectivity index (χ1v) is 9.31. The number of methoxy groups -OCH3 is 1. The Bertz CT molecular complexity index is 1070. The van der Waals surface area contributed by atoms with E-state index in [0.717, 1.165) is 11.1 Å². The summed E-state index contributed by atoms with van der Waals surface area (Å²) in [5.41, 5.74) is 2.93. The highest BCUT2D eigenvalue weighted by Gasteiger charge is 2.10. The van der Waals surface area contributed by atoms with Crippen LogP contribution in [0.1, 0.15) is 12.0 Å². The number of halogens is 1. The topological polar surface area (TPSA) is 79.9 Å². The van der Waals surface area contributed by atoms with E-state index in [1.807, 2.05) is 30.5 Å². The molecule has 1 N–H and O–H groups in total. The fraction of sp³-hybridized carbons (Fsp3) is 0.136. The molecule has 7 heteroatoms. The molecule has 0 spiro atoms. The number of aromatic nitrogens is 2. The number of nitrogens with one attached hydrogen (secondary N) is 1. The summed E-state index contributed by atoms with van der Waals surface area (Å²) in [6.45, 7) is 0.471. The summed E-state index contributed by atoms with van der Waals surface area (Å²) in [5, 5.41) is 16.8. The smallest absolute Gasteiger partial charge is 0.248 e. The molecule has 2 aromatic carbocycles. The number of hydrogen-bond donors (Lipinski definition) is 1. The van der Waals surface area contributed by atoms with E-state index in [1.54, 1.807) is 42.1 Å². The number of rotatable bonds is 7. The van der Waals surface area contributed by atoms with Gasteiger partial charge < -0.3 is 10.1 Å². The van der Waals surface area contributed by atoms with Crippen molar-refractivity contribution in [2.75, 3.05) is 12.4 Å². The van der Waals surface area contributed by atoms with Crippen molar-refractivity contribution in [1.29, 1.82) is 5.26 Å². The number of nitrogens with zero attached hydrogens (tertiary/aromatic N) is 3. The van der Waals surface area contributed by atoms with E-state index in [0.29, 0.717) is 35.1 Å². The Kier molecular flexibility index (Phi) is 6.67. The quantitative estimate of drug-likeness (QED) is 0.572. The van der Waals surface area contributed by atoms with E-state index in [2.05, 4.69) is 16.5 Å². The minimum Gasteiger partial charge on any atom is -0.495 e. The van der Waals surface area contributed by atoms with Gasteiger partial charge in [-0.3, -0.25) is 9.48 Å². The van der Waals surface area contributed by atoms with Crippen LogP contribution in [0, 0.1) is 11.3 Å². The molecule has 0 unspecified atom stereocenters. The second kappa shape index (κ2) is 9.58. The molecule has 1 aromatic heterocycles. The third kappa shape index (κ3) is 5.24. The molecular formula is C22H19ClN4O2. The fourth-order valence-corrected chi connectivity index (χ4v) is 2.88. The molecule has 1 heterocycles. The number of para-hydroxylation sites is 2. The Morgan fingerprint density at radius 1 is 1.28 bits per heavy atom. The molecule has 0 atom stereocenters. The number of carbonyl (C=O) groups excluding carboxylic acids is 1. The number of benzene rings is 2. The molecular weight excluding hydrogens is 388 g/mol. The Hall–Kier alpha value is -3.56. The van der Waals surface area contributed by atoms with Crippen LogP contribution in [0.2, 0.25) is 5.02 Å². The molecule has 0 saturated heterocycles. The average Bonchev–Trinajstić information content (AvgIpc) is 3.14. The maximum absolute atomic E-state index is 12.4. The minimum atomic E-state index is -0.290. The molecule has 0 fully saturated rings. The standard InChI is InChI=1S/C22H19ClN4O2/c1-29-20-6-3-2-5-19(20)25-21(28)12-9-17-15-27(14-4-13-24)26-22(17)16-7-10-18(23)11-8-16/h2-3,5-12,15H,4,14H2,1H3,(H,25,28). The minimum absolute atomic E-state index is 0.290. The van der Waals surface area contributed by atoms with Crippen molar-refractivity contribution in [2.45, 2.75) is 13.0 Å². The zero-order valence-corrected chi connectivity index (χ0v) is 16.6. The Labute approximate surface area is 174 Å². The Morgan fingerprint density at radius 2 is 2.03 bits per heavy atom. The molecule has 1 amide bonds. The lowest BCUT2D eigenvalue weighted by Crippen LogP contribution is -2.08. The lowest BCUT2D eigenvalue weighted by molar-refractivity contribution is -0.111. The summed E-state index contributed by atoms with van der Waals surface area (Å²) >= 11 is 5.98. The summed E-state index contributed by atoms with van der Waals surface area (Å²) in [6.07, 6.45) is 5.30. The molecule has 0 aliphatic heterocycles. The molecule has 3 aromatic rings. The van der Waals surface area contributed by atoms with Gasteiger partial charge in [-0.05, 0) is 30.3 Å². The second-order valence-electron chi connectivity index (χ2n) is 6.13. The maximum Gasteiger partial charge on any atom is 0.248 e. The molecule has 146 valence electrons. The van der Waals surface area contributed by atoms with Gasteiger partial charge >= 0.3 is 0 Å². The lowest BCUT2D eigenvalue weighted by atomic mass is 10.1. The number of nitriles is 1. The van der Waals surface area contributed by atoms with Crippen molar-refractivity contribution in [1.82, 2.24) is 9.78 Å². The first-order chi connectivity index (χ1) is 14.1. The largest absolute Gasteiger partial charge is 0.495 e. The predicted octanol–water partition coefficient (Wildman–Crippen LogP) is 4.78. The van der Waals surface area contributed by atoms with Crippen molar-refractivity contribution in [3.05, 3.63) is 71.4 Å². The van der Waals surface area contributed by atoms with Crippen LogP contribution in [0.4, 0.5) is 5.69 Å². The van der Waals surface area contributed by atoms with Crippen LogP contribution in [-0.4, -0.2) is 22.8 Å². The van der Waals surface area contributed by atoms with Crippen molar-refractivity contribution >= 4 is 29.3 Å². The van der Waals surface area contributed by atoms with Crippen molar-refractivity contribution in [2.24, 2.45) is 0 Å². The number of carbonyl (C=O) groups is 1. The van der Waals surface area contributed by atoms with E-state index in [1.165, 1.54) is 6.08 Å². The highest BCUT2D eigenvalue weighted by molar-refractivity contribution is 6.30. The first kappa shape index (κ1) is 20.2. The van der Waals surface area contributed by atoms with Gasteiger partial charge in [0.25, 0.3) is 0 Å². The average molecular weight is 407 g/mol. The SMILES string of the molecule is COc1ccccc1NC(=O)C=Cc1cn(CCC#N)nc1-c1ccc(Cl)cc1. The van der Waals surface area contributed by atoms with Crippen LogP contribution in [0.25, 0.3) is 17.3 Å². The normalized spacial score (nSPS) is 10.7. The van der Waals surface area contributed by atoms with Crippen molar-refractivity contribution < 1.29 is 9.53 Å². The molecule has 29 heavy (non-hydrogen) atoms. The molecule has 0 aliphatic rings. The fourth-order valence-electron chi connectivity index (χ4n) is 2.76. The Morgan fingerprint density at radius 3 is 2.76 bits per heavy atom. The van der Waals surface area contributed by atoms with Gasteiger partial charge in [-0.2, -0.15) is 10.4 Å². The van der Waals surface area contributed by atoms with Gasteiger partial charge in [-0.25, -0.2) is 0 Å². The summed E-state index contributed by atoms with van der Waals surface area (Å²) < 4.78 is 6.95. The zero-order valence-electron chi connectivity index (χ0n) is 15.8. The summed E-state index contributed by atoms with van der Waals surface area (Å²) in [5.74, 6) is 0.293. The maximum atomic E-state index is 12.4. The van der Waals surface area contributed by atoms with E-state index in [4.69, 9.17) is 21.6 Å². The van der Waals surface area contributed by atoms with Crippen LogP contribution >= 0.6 is 11.6 Å². The first-order valence-electron chi connectivity index (χ1n) is 8.93. The number of ether oxygens (including phenoxy) is 1. The molecule has 0 aliphatic carbocycles. The van der Waals surface area contributed by atoms with Crippen LogP contribution in [0.5, 0.6) is 5.75 Å². The third-order valence-electron chi connectivity index (χ3n) is 4.14. The van der Waals surface area contributed by atoms with Crippen LogP contribution in [0.3, 0.4) is 0 Å². The number of amides is 1. The van der Waals surface area contributed by atoms with Crippen LogP contribution in [0.15, 0.2) is 60.8 Å². The van der Waals surface area contributed by atoms with Gasteiger partial charge in [0.1, 0.15) is 5.75 Å². The Balaban J connectivity index is 1.84. The lowest BCUT2D eigenvalue weighted by Gasteiger charge is -2.07. The predicted molar refractivity (Wildman–Crippen MR) is 114 cm³/mol. The molecule has 0 radical (unpaired) electrons. The van der Waals surface area contributed by atoms with Gasteiger partial charge in [0.05, 0.1) is 37.5 Å². The van der Waals surface area contributed by atoms with Crippen molar-refractivity contribution in [3.8, 4) is 23.1 Å². The third-order valence-corrected chi connectivity index (χ3v) is 4.39. The van der Waals surface area contributed by atoms with Crippen molar-refractivity contribution in [3.63, 3.8) is 0 Å². The van der Waals surface area contributed by atoms with E-state index in [-0.39, 0.29) is 5.91 Å². The van der Waals surface area contributed by atoms with Crippen LogP contribution in [-0.2, 0) is 11.3 Å². The zero-order chi connectivity index (χ0) is 20.6. The van der Waals surface area contributed by atoms with Gasteiger partial charge in [-0.1, -0.05) is 35.9 Å². The monoisotopic (exact) mass is 406 g/mol. The van der Waals surface area contributed by atoms with Gasteiger partial charge in [-0.15, -0.1) is 0 Å². The number of anilines is 1. The molecule has 0 saturated carbocycles. The van der Waals surface area contributed by atoms with Crippen LogP contribution < -0.4 is 10.1 Å². The molecule has 3 rings (SSSR count). The van der Waals surface area contributed by atoms with Gasteiger partial charge in [0.2, 0.25) is 5.91 Å². The molecule has 6 nitrogen and oxygen atoms in total.